The lowest BCUT2D eigenvalue weighted by atomic mass is 9.87. The predicted octanol–water partition coefficient (Wildman–Crippen LogP) is 0.749. The van der Waals surface area contributed by atoms with Gasteiger partial charge in [0.2, 0.25) is 5.91 Å². The number of hydrogen-bond donors (Lipinski definition) is 1. The molecular formula is C7H10BrNO2. The van der Waals surface area contributed by atoms with Gasteiger partial charge < -0.3 is 5.73 Å². The number of amides is 1. The molecule has 1 saturated carbocycles. The van der Waals surface area contributed by atoms with Crippen molar-refractivity contribution in [3.63, 3.8) is 0 Å². The number of primary amides is 1. The highest BCUT2D eigenvalue weighted by molar-refractivity contribution is 9.10. The van der Waals surface area contributed by atoms with Gasteiger partial charge in [-0.15, -0.1) is 0 Å². The van der Waals surface area contributed by atoms with E-state index in [-0.39, 0.29) is 5.78 Å². The van der Waals surface area contributed by atoms with Gasteiger partial charge in [0.15, 0.2) is 10.1 Å². The molecule has 1 unspecified atom stereocenters. The fourth-order valence-corrected chi connectivity index (χ4v) is 1.73. The highest BCUT2D eigenvalue weighted by Gasteiger charge is 2.42. The lowest BCUT2D eigenvalue weighted by Gasteiger charge is -2.26. The number of rotatable bonds is 1. The number of carbonyl (C=O) groups excluding carboxylic acids is 2. The van der Waals surface area contributed by atoms with Gasteiger partial charge in [-0.2, -0.15) is 0 Å². The molecule has 62 valence electrons. The summed E-state index contributed by atoms with van der Waals surface area (Å²) in [5.41, 5.74) is 5.09. The zero-order chi connectivity index (χ0) is 8.48. The van der Waals surface area contributed by atoms with Crippen LogP contribution in [-0.4, -0.2) is 16.0 Å². The van der Waals surface area contributed by atoms with Crippen molar-refractivity contribution in [1.82, 2.24) is 0 Å². The third-order valence-corrected chi connectivity index (χ3v) is 3.24. The largest absolute Gasteiger partial charge is 0.368 e. The Bertz CT molecular complexity index is 205. The molecule has 0 aromatic heterocycles. The van der Waals surface area contributed by atoms with Gasteiger partial charge in [0.05, 0.1) is 0 Å². The molecule has 0 aromatic rings. The van der Waals surface area contributed by atoms with Crippen molar-refractivity contribution in [1.29, 1.82) is 0 Å². The number of halogens is 1. The number of carbonyl (C=O) groups is 2. The first-order valence-corrected chi connectivity index (χ1v) is 4.39. The van der Waals surface area contributed by atoms with Crippen LogP contribution >= 0.6 is 15.9 Å². The summed E-state index contributed by atoms with van der Waals surface area (Å²) >= 11 is 3.10. The molecule has 1 aliphatic carbocycles. The van der Waals surface area contributed by atoms with Crippen LogP contribution in [0.2, 0.25) is 0 Å². The summed E-state index contributed by atoms with van der Waals surface area (Å²) in [7, 11) is 0. The van der Waals surface area contributed by atoms with Gasteiger partial charge in [-0.1, -0.05) is 22.4 Å². The van der Waals surface area contributed by atoms with Gasteiger partial charge in [0, 0.05) is 6.42 Å². The molecule has 1 fully saturated rings. The van der Waals surface area contributed by atoms with E-state index < -0.39 is 10.2 Å². The predicted molar refractivity (Wildman–Crippen MR) is 44.3 cm³/mol. The molecule has 11 heavy (non-hydrogen) atoms. The molecule has 1 aliphatic rings. The normalized spacial score (nSPS) is 31.9. The zero-order valence-corrected chi connectivity index (χ0v) is 7.69. The summed E-state index contributed by atoms with van der Waals surface area (Å²) in [6.45, 7) is 0. The molecule has 3 nitrogen and oxygen atoms in total. The minimum Gasteiger partial charge on any atom is -0.368 e. The monoisotopic (exact) mass is 219 g/mol. The van der Waals surface area contributed by atoms with Crippen LogP contribution in [0.4, 0.5) is 0 Å². The number of hydrogen-bond acceptors (Lipinski definition) is 2. The summed E-state index contributed by atoms with van der Waals surface area (Å²) in [6.07, 6.45) is 2.77. The minimum atomic E-state index is -1.05. The van der Waals surface area contributed by atoms with Gasteiger partial charge in [-0.3, -0.25) is 9.59 Å². The summed E-state index contributed by atoms with van der Waals surface area (Å²) in [5, 5.41) is 0. The van der Waals surface area contributed by atoms with Gasteiger partial charge >= 0.3 is 0 Å². The van der Waals surface area contributed by atoms with Crippen LogP contribution in [0.5, 0.6) is 0 Å². The van der Waals surface area contributed by atoms with E-state index >= 15 is 0 Å². The lowest BCUT2D eigenvalue weighted by Crippen LogP contribution is -2.47. The maximum Gasteiger partial charge on any atom is 0.241 e. The summed E-state index contributed by atoms with van der Waals surface area (Å²) in [5.74, 6) is -0.626. The third-order valence-electron chi connectivity index (χ3n) is 2.01. The highest BCUT2D eigenvalue weighted by atomic mass is 79.9. The van der Waals surface area contributed by atoms with Crippen molar-refractivity contribution in [3.8, 4) is 0 Å². The Morgan fingerprint density at radius 1 is 1.55 bits per heavy atom. The van der Waals surface area contributed by atoms with Crippen LogP contribution in [0, 0.1) is 0 Å². The maximum atomic E-state index is 11.2. The molecule has 4 heteroatoms. The minimum absolute atomic E-state index is 0.0729. The quantitative estimate of drug-likeness (QED) is 0.523. The van der Waals surface area contributed by atoms with Crippen molar-refractivity contribution in [2.24, 2.45) is 5.73 Å². The SMILES string of the molecule is NC(=O)C1(Br)CCCCC1=O. The first-order chi connectivity index (χ1) is 5.07. The second kappa shape index (κ2) is 2.93. The van der Waals surface area contributed by atoms with E-state index in [2.05, 4.69) is 15.9 Å². The van der Waals surface area contributed by atoms with E-state index in [1.165, 1.54) is 0 Å². The molecule has 1 atom stereocenters. The Morgan fingerprint density at radius 2 is 2.18 bits per heavy atom. The number of nitrogens with two attached hydrogens (primary N) is 1. The Labute approximate surface area is 73.5 Å². The molecule has 0 saturated heterocycles. The molecule has 0 bridgehead atoms. The van der Waals surface area contributed by atoms with Crippen molar-refractivity contribution in [2.45, 2.75) is 30.0 Å². The first-order valence-electron chi connectivity index (χ1n) is 3.59. The summed E-state index contributed by atoms with van der Waals surface area (Å²) < 4.78 is -1.05. The van der Waals surface area contributed by atoms with Crippen LogP contribution in [0.15, 0.2) is 0 Å². The van der Waals surface area contributed by atoms with Gasteiger partial charge in [-0.05, 0) is 12.8 Å². The number of ketones is 1. The Kier molecular flexibility index (Phi) is 2.32. The number of alkyl halides is 1. The third kappa shape index (κ3) is 1.45. The fraction of sp³-hybridized carbons (Fsp3) is 0.714. The number of Topliss-reactive ketones (excluding diaryl/α,β-unsaturated/α-hetero) is 1. The van der Waals surface area contributed by atoms with E-state index in [0.717, 1.165) is 12.8 Å². The van der Waals surface area contributed by atoms with Gasteiger partial charge in [-0.25, -0.2) is 0 Å². The van der Waals surface area contributed by atoms with Gasteiger partial charge in [0.1, 0.15) is 0 Å². The average molecular weight is 220 g/mol. The standard InChI is InChI=1S/C7H10BrNO2/c8-7(6(9)11)4-2-1-3-5(7)10/h1-4H2,(H2,9,11). The van der Waals surface area contributed by atoms with Crippen molar-refractivity contribution in [3.05, 3.63) is 0 Å². The first kappa shape index (κ1) is 8.71. The van der Waals surface area contributed by atoms with Crippen molar-refractivity contribution in [2.75, 3.05) is 0 Å². The zero-order valence-electron chi connectivity index (χ0n) is 6.10. The second-order valence-corrected chi connectivity index (χ2v) is 4.15. The smallest absolute Gasteiger partial charge is 0.241 e. The topological polar surface area (TPSA) is 60.2 Å². The lowest BCUT2D eigenvalue weighted by molar-refractivity contribution is -0.131. The Balaban J connectivity index is 2.81. The Morgan fingerprint density at radius 3 is 2.55 bits per heavy atom. The molecule has 0 aliphatic heterocycles. The Hall–Kier alpha value is -0.380. The second-order valence-electron chi connectivity index (χ2n) is 2.80. The van der Waals surface area contributed by atoms with Crippen LogP contribution in [-0.2, 0) is 9.59 Å². The van der Waals surface area contributed by atoms with E-state index in [4.69, 9.17) is 5.73 Å². The van der Waals surface area contributed by atoms with Crippen LogP contribution in [0.1, 0.15) is 25.7 Å². The molecule has 0 heterocycles. The molecular weight excluding hydrogens is 210 g/mol. The van der Waals surface area contributed by atoms with Gasteiger partial charge in [0.25, 0.3) is 0 Å². The van der Waals surface area contributed by atoms with Crippen molar-refractivity contribution >= 4 is 27.6 Å². The average Bonchev–Trinajstić information content (AvgIpc) is 1.95. The molecule has 0 radical (unpaired) electrons. The molecule has 0 aromatic carbocycles. The summed E-state index contributed by atoms with van der Waals surface area (Å²) in [4.78, 5) is 22.1. The highest BCUT2D eigenvalue weighted by Crippen LogP contribution is 2.32. The maximum absolute atomic E-state index is 11.2. The van der Waals surface area contributed by atoms with E-state index in [1.54, 1.807) is 0 Å². The van der Waals surface area contributed by atoms with Crippen LogP contribution in [0.25, 0.3) is 0 Å². The van der Waals surface area contributed by atoms with E-state index in [0.29, 0.717) is 12.8 Å². The van der Waals surface area contributed by atoms with Crippen LogP contribution in [0.3, 0.4) is 0 Å². The molecule has 1 amide bonds. The van der Waals surface area contributed by atoms with Crippen LogP contribution < -0.4 is 5.73 Å². The van der Waals surface area contributed by atoms with Crippen molar-refractivity contribution < 1.29 is 9.59 Å². The van der Waals surface area contributed by atoms with E-state index in [9.17, 15) is 9.59 Å². The molecule has 0 spiro atoms. The summed E-state index contributed by atoms with van der Waals surface area (Å²) in [6, 6.07) is 0. The fourth-order valence-electron chi connectivity index (χ4n) is 1.25. The van der Waals surface area contributed by atoms with E-state index in [1.807, 2.05) is 0 Å². The molecule has 2 N–H and O–H groups in total. The molecule has 1 rings (SSSR count).